The van der Waals surface area contributed by atoms with Crippen molar-refractivity contribution >= 4 is 5.78 Å². The summed E-state index contributed by atoms with van der Waals surface area (Å²) >= 11 is 0. The minimum atomic E-state index is 0.0172. The number of rotatable bonds is 3. The third-order valence-electron chi connectivity index (χ3n) is 2.07. The van der Waals surface area contributed by atoms with Crippen molar-refractivity contribution in [2.24, 2.45) is 7.05 Å². The maximum absolute atomic E-state index is 11.7. The molecule has 0 saturated carbocycles. The smallest absolute Gasteiger partial charge is 0.185 e. The standard InChI is InChI=1S/C11H11N3O/c1-14-8-9(7-13-14)6-11(15)10-4-2-3-5-12-10/h2-5,7-8H,6H2,1H3. The van der Waals surface area contributed by atoms with E-state index in [-0.39, 0.29) is 5.78 Å². The number of aromatic nitrogens is 3. The largest absolute Gasteiger partial charge is 0.292 e. The fourth-order valence-electron chi connectivity index (χ4n) is 1.37. The van der Waals surface area contributed by atoms with Gasteiger partial charge in [0, 0.05) is 25.9 Å². The second kappa shape index (κ2) is 4.04. The van der Waals surface area contributed by atoms with Gasteiger partial charge in [-0.1, -0.05) is 6.07 Å². The van der Waals surface area contributed by atoms with E-state index in [9.17, 15) is 4.79 Å². The molecule has 0 aliphatic rings. The normalized spacial score (nSPS) is 10.2. The second-order valence-electron chi connectivity index (χ2n) is 3.34. The molecule has 4 nitrogen and oxygen atoms in total. The van der Waals surface area contributed by atoms with Crippen LogP contribution in [0.25, 0.3) is 0 Å². The molecule has 0 aliphatic heterocycles. The van der Waals surface area contributed by atoms with Crippen molar-refractivity contribution in [2.45, 2.75) is 6.42 Å². The number of carbonyl (C=O) groups excluding carboxylic acids is 1. The lowest BCUT2D eigenvalue weighted by atomic mass is 10.1. The van der Waals surface area contributed by atoms with Crippen molar-refractivity contribution in [3.05, 3.63) is 48.0 Å². The molecule has 0 bridgehead atoms. The Labute approximate surface area is 87.6 Å². The first-order valence-electron chi connectivity index (χ1n) is 4.67. The Morgan fingerprint density at radius 1 is 1.47 bits per heavy atom. The van der Waals surface area contributed by atoms with E-state index in [2.05, 4.69) is 10.1 Å². The molecule has 0 N–H and O–H groups in total. The fourth-order valence-corrected chi connectivity index (χ4v) is 1.37. The molecule has 0 aliphatic carbocycles. The molecule has 0 spiro atoms. The summed E-state index contributed by atoms with van der Waals surface area (Å²) < 4.78 is 1.68. The maximum Gasteiger partial charge on any atom is 0.185 e. The van der Waals surface area contributed by atoms with Gasteiger partial charge in [-0.15, -0.1) is 0 Å². The van der Waals surface area contributed by atoms with Crippen LogP contribution in [0.5, 0.6) is 0 Å². The molecule has 0 atom stereocenters. The van der Waals surface area contributed by atoms with Crippen molar-refractivity contribution in [2.75, 3.05) is 0 Å². The van der Waals surface area contributed by atoms with Crippen LogP contribution in [0.15, 0.2) is 36.8 Å². The number of Topliss-reactive ketones (excluding diaryl/α,β-unsaturated/α-hetero) is 1. The van der Waals surface area contributed by atoms with Crippen LogP contribution in [-0.2, 0) is 13.5 Å². The maximum atomic E-state index is 11.7. The molecule has 0 amide bonds. The lowest BCUT2D eigenvalue weighted by Crippen LogP contribution is -2.04. The lowest BCUT2D eigenvalue weighted by molar-refractivity contribution is 0.0988. The van der Waals surface area contributed by atoms with E-state index in [4.69, 9.17) is 0 Å². The molecule has 4 heteroatoms. The van der Waals surface area contributed by atoms with Crippen LogP contribution in [0.3, 0.4) is 0 Å². The van der Waals surface area contributed by atoms with Gasteiger partial charge in [0.25, 0.3) is 0 Å². The van der Waals surface area contributed by atoms with Crippen molar-refractivity contribution in [3.8, 4) is 0 Å². The van der Waals surface area contributed by atoms with Gasteiger partial charge < -0.3 is 0 Å². The first-order valence-corrected chi connectivity index (χ1v) is 4.67. The van der Waals surface area contributed by atoms with E-state index in [1.54, 1.807) is 29.2 Å². The van der Waals surface area contributed by atoms with Crippen molar-refractivity contribution in [1.29, 1.82) is 0 Å². The van der Waals surface area contributed by atoms with Crippen molar-refractivity contribution in [3.63, 3.8) is 0 Å². The number of nitrogens with zero attached hydrogens (tertiary/aromatic N) is 3. The topological polar surface area (TPSA) is 47.8 Å². The highest BCUT2D eigenvalue weighted by Crippen LogP contribution is 2.03. The molecule has 76 valence electrons. The molecule has 0 aromatic carbocycles. The van der Waals surface area contributed by atoms with Gasteiger partial charge in [0.1, 0.15) is 5.69 Å². The molecule has 0 saturated heterocycles. The van der Waals surface area contributed by atoms with E-state index in [1.165, 1.54) is 0 Å². The molecular formula is C11H11N3O. The molecule has 0 radical (unpaired) electrons. The number of pyridine rings is 1. The molecule has 0 fully saturated rings. The van der Waals surface area contributed by atoms with E-state index in [0.29, 0.717) is 12.1 Å². The van der Waals surface area contributed by atoms with E-state index in [0.717, 1.165) is 5.56 Å². The average Bonchev–Trinajstić information content (AvgIpc) is 2.65. The Bertz CT molecular complexity index is 462. The number of hydrogen-bond donors (Lipinski definition) is 0. The zero-order chi connectivity index (χ0) is 10.7. The highest BCUT2D eigenvalue weighted by Gasteiger charge is 2.08. The van der Waals surface area contributed by atoms with Gasteiger partial charge in [-0.25, -0.2) is 0 Å². The highest BCUT2D eigenvalue weighted by atomic mass is 16.1. The Morgan fingerprint density at radius 2 is 2.33 bits per heavy atom. The minimum absolute atomic E-state index is 0.0172. The first kappa shape index (κ1) is 9.58. The third-order valence-corrected chi connectivity index (χ3v) is 2.07. The van der Waals surface area contributed by atoms with Gasteiger partial charge in [-0.05, 0) is 17.7 Å². The number of carbonyl (C=O) groups is 1. The Kier molecular flexibility index (Phi) is 2.58. The van der Waals surface area contributed by atoms with Crippen LogP contribution in [0.4, 0.5) is 0 Å². The lowest BCUT2D eigenvalue weighted by Gasteiger charge is -1.96. The minimum Gasteiger partial charge on any atom is -0.292 e. The predicted molar refractivity (Wildman–Crippen MR) is 55.5 cm³/mol. The number of ketones is 1. The summed E-state index contributed by atoms with van der Waals surface area (Å²) in [6, 6.07) is 5.32. The van der Waals surface area contributed by atoms with Crippen LogP contribution in [0, 0.1) is 0 Å². The van der Waals surface area contributed by atoms with E-state index < -0.39 is 0 Å². The van der Waals surface area contributed by atoms with Crippen molar-refractivity contribution < 1.29 is 4.79 Å². The van der Waals surface area contributed by atoms with E-state index >= 15 is 0 Å². The van der Waals surface area contributed by atoms with Gasteiger partial charge in [0.15, 0.2) is 5.78 Å². The van der Waals surface area contributed by atoms with Crippen LogP contribution in [0.2, 0.25) is 0 Å². The Hall–Kier alpha value is -1.97. The number of hydrogen-bond acceptors (Lipinski definition) is 3. The summed E-state index contributed by atoms with van der Waals surface area (Å²) in [4.78, 5) is 15.7. The summed E-state index contributed by atoms with van der Waals surface area (Å²) in [5, 5.41) is 4.01. The second-order valence-corrected chi connectivity index (χ2v) is 3.34. The molecule has 15 heavy (non-hydrogen) atoms. The quantitative estimate of drug-likeness (QED) is 0.702. The molecular weight excluding hydrogens is 190 g/mol. The molecule has 2 aromatic heterocycles. The van der Waals surface area contributed by atoms with Crippen LogP contribution in [-0.4, -0.2) is 20.5 Å². The average molecular weight is 201 g/mol. The molecule has 2 heterocycles. The zero-order valence-corrected chi connectivity index (χ0v) is 8.42. The van der Waals surface area contributed by atoms with Crippen LogP contribution < -0.4 is 0 Å². The van der Waals surface area contributed by atoms with Crippen LogP contribution >= 0.6 is 0 Å². The van der Waals surface area contributed by atoms with Gasteiger partial charge in [-0.3, -0.25) is 14.5 Å². The summed E-state index contributed by atoms with van der Waals surface area (Å²) in [7, 11) is 1.83. The Balaban J connectivity index is 2.11. The van der Waals surface area contributed by atoms with Gasteiger partial charge in [-0.2, -0.15) is 5.10 Å². The molecule has 0 unspecified atom stereocenters. The predicted octanol–water partition coefficient (Wildman–Crippen LogP) is 1.24. The molecule has 2 aromatic rings. The summed E-state index contributed by atoms with van der Waals surface area (Å²) in [5.41, 5.74) is 1.41. The Morgan fingerprint density at radius 3 is 2.93 bits per heavy atom. The van der Waals surface area contributed by atoms with E-state index in [1.807, 2.05) is 19.3 Å². The van der Waals surface area contributed by atoms with Gasteiger partial charge >= 0.3 is 0 Å². The summed E-state index contributed by atoms with van der Waals surface area (Å²) in [5.74, 6) is 0.0172. The van der Waals surface area contributed by atoms with Crippen molar-refractivity contribution in [1.82, 2.24) is 14.8 Å². The van der Waals surface area contributed by atoms with Gasteiger partial charge in [0.05, 0.1) is 6.20 Å². The highest BCUT2D eigenvalue weighted by molar-refractivity contribution is 5.95. The fraction of sp³-hybridized carbons (Fsp3) is 0.182. The number of aryl methyl sites for hydroxylation is 1. The van der Waals surface area contributed by atoms with Crippen LogP contribution in [0.1, 0.15) is 16.1 Å². The summed E-state index contributed by atoms with van der Waals surface area (Å²) in [6.45, 7) is 0. The van der Waals surface area contributed by atoms with Gasteiger partial charge in [0.2, 0.25) is 0 Å². The summed E-state index contributed by atoms with van der Waals surface area (Å²) in [6.07, 6.45) is 5.50. The SMILES string of the molecule is Cn1cc(CC(=O)c2ccccn2)cn1. The monoisotopic (exact) mass is 201 g/mol. The third kappa shape index (κ3) is 2.28. The first-order chi connectivity index (χ1) is 7.25. The zero-order valence-electron chi connectivity index (χ0n) is 8.42. The molecule has 2 rings (SSSR count).